The fraction of sp³-hybridized carbons (Fsp3) is 0.278. The second kappa shape index (κ2) is 6.97. The van der Waals surface area contributed by atoms with Gasteiger partial charge in [0.2, 0.25) is 0 Å². The van der Waals surface area contributed by atoms with Gasteiger partial charge >= 0.3 is 5.97 Å². The summed E-state index contributed by atoms with van der Waals surface area (Å²) in [6.45, 7) is 3.93. The highest BCUT2D eigenvalue weighted by molar-refractivity contribution is 7.21. The van der Waals surface area contributed by atoms with E-state index in [-0.39, 0.29) is 5.56 Å². The summed E-state index contributed by atoms with van der Waals surface area (Å²) < 4.78 is 6.46. The monoisotopic (exact) mass is 342 g/mol. The minimum absolute atomic E-state index is 0.223. The molecule has 2 aromatic heterocycles. The van der Waals surface area contributed by atoms with Crippen molar-refractivity contribution < 1.29 is 9.53 Å². The molecule has 6 heteroatoms. The van der Waals surface area contributed by atoms with Crippen molar-refractivity contribution in [2.24, 2.45) is 0 Å². The Kier molecular flexibility index (Phi) is 4.76. The number of nitrogens with zero attached hydrogens (tertiary/aromatic N) is 2. The molecule has 0 spiro atoms. The molecule has 0 radical (unpaired) electrons. The van der Waals surface area contributed by atoms with E-state index < -0.39 is 12.0 Å². The van der Waals surface area contributed by atoms with Crippen LogP contribution in [-0.4, -0.2) is 22.1 Å². The Morgan fingerprint density at radius 1 is 1.33 bits per heavy atom. The van der Waals surface area contributed by atoms with Crippen molar-refractivity contribution in [3.05, 3.63) is 53.1 Å². The second-order valence-electron chi connectivity index (χ2n) is 5.50. The van der Waals surface area contributed by atoms with Gasteiger partial charge in [-0.15, -0.1) is 11.3 Å². The summed E-state index contributed by atoms with van der Waals surface area (Å²) in [6, 6.07) is 11.0. The van der Waals surface area contributed by atoms with Gasteiger partial charge in [-0.05, 0) is 25.0 Å². The normalized spacial score (nSPS) is 12.2. The summed E-state index contributed by atoms with van der Waals surface area (Å²) >= 11 is 1.47. The van der Waals surface area contributed by atoms with Gasteiger partial charge in [-0.1, -0.05) is 37.3 Å². The van der Waals surface area contributed by atoms with E-state index in [1.807, 2.05) is 43.3 Å². The fourth-order valence-corrected chi connectivity index (χ4v) is 3.39. The standard InChI is InChI=1S/C18H18N2O3S/c1-3-9-23-18(22)12(2)20-11-19-16-14(17(20)21)10-15(24-16)13-7-5-4-6-8-13/h4-8,10-12H,3,9H2,1-2H3. The Morgan fingerprint density at radius 3 is 2.79 bits per heavy atom. The first-order valence-electron chi connectivity index (χ1n) is 7.84. The third-order valence-corrected chi connectivity index (χ3v) is 4.83. The van der Waals surface area contributed by atoms with Crippen LogP contribution in [0.3, 0.4) is 0 Å². The van der Waals surface area contributed by atoms with Gasteiger partial charge in [0.25, 0.3) is 5.56 Å². The van der Waals surface area contributed by atoms with Gasteiger partial charge in [0, 0.05) is 4.88 Å². The van der Waals surface area contributed by atoms with Crippen LogP contribution in [0, 0.1) is 0 Å². The molecular formula is C18H18N2O3S. The zero-order valence-corrected chi connectivity index (χ0v) is 14.4. The van der Waals surface area contributed by atoms with Crippen LogP contribution in [0.5, 0.6) is 0 Å². The predicted octanol–water partition coefficient (Wildman–Crippen LogP) is 3.64. The lowest BCUT2D eigenvalue weighted by molar-refractivity contribution is -0.147. The van der Waals surface area contributed by atoms with Gasteiger partial charge in [-0.2, -0.15) is 0 Å². The van der Waals surface area contributed by atoms with Crippen molar-refractivity contribution in [2.45, 2.75) is 26.3 Å². The van der Waals surface area contributed by atoms with Crippen molar-refractivity contribution in [1.82, 2.24) is 9.55 Å². The van der Waals surface area contributed by atoms with E-state index in [1.54, 1.807) is 6.92 Å². The summed E-state index contributed by atoms with van der Waals surface area (Å²) in [5, 5.41) is 0.525. The number of carbonyl (C=O) groups excluding carboxylic acids is 1. The molecule has 1 atom stereocenters. The average molecular weight is 342 g/mol. The van der Waals surface area contributed by atoms with Crippen molar-refractivity contribution in [1.29, 1.82) is 0 Å². The maximum absolute atomic E-state index is 12.7. The fourth-order valence-electron chi connectivity index (χ4n) is 2.39. The quantitative estimate of drug-likeness (QED) is 0.664. The molecule has 1 aromatic carbocycles. The first kappa shape index (κ1) is 16.4. The molecule has 3 aromatic rings. The molecule has 0 N–H and O–H groups in total. The number of thiophene rings is 1. The Morgan fingerprint density at radius 2 is 2.08 bits per heavy atom. The molecule has 24 heavy (non-hydrogen) atoms. The third kappa shape index (κ3) is 3.10. The summed E-state index contributed by atoms with van der Waals surface area (Å²) in [6.07, 6.45) is 2.17. The number of hydrogen-bond donors (Lipinski definition) is 0. The van der Waals surface area contributed by atoms with Gasteiger partial charge in [0.05, 0.1) is 18.3 Å². The topological polar surface area (TPSA) is 61.2 Å². The van der Waals surface area contributed by atoms with Crippen LogP contribution in [0.25, 0.3) is 20.7 Å². The lowest BCUT2D eigenvalue weighted by Crippen LogP contribution is -2.29. The lowest BCUT2D eigenvalue weighted by Gasteiger charge is -2.13. The molecule has 0 aliphatic heterocycles. The van der Waals surface area contributed by atoms with Crippen LogP contribution >= 0.6 is 11.3 Å². The van der Waals surface area contributed by atoms with Crippen LogP contribution in [0.1, 0.15) is 26.3 Å². The summed E-state index contributed by atoms with van der Waals surface area (Å²) in [7, 11) is 0. The Labute approximate surface area is 143 Å². The van der Waals surface area contributed by atoms with Crippen LogP contribution in [0.4, 0.5) is 0 Å². The van der Waals surface area contributed by atoms with Crippen LogP contribution in [0.15, 0.2) is 47.5 Å². The second-order valence-corrected chi connectivity index (χ2v) is 6.53. The first-order chi connectivity index (χ1) is 11.6. The minimum Gasteiger partial charge on any atom is -0.464 e. The Bertz CT molecular complexity index is 915. The molecule has 124 valence electrons. The zero-order valence-electron chi connectivity index (χ0n) is 13.6. The number of aromatic nitrogens is 2. The number of benzene rings is 1. The number of esters is 1. The van der Waals surface area contributed by atoms with Gasteiger partial charge in [-0.3, -0.25) is 9.36 Å². The van der Waals surface area contributed by atoms with Crippen molar-refractivity contribution in [3.63, 3.8) is 0 Å². The maximum Gasteiger partial charge on any atom is 0.328 e. The van der Waals surface area contributed by atoms with Gasteiger partial charge in [-0.25, -0.2) is 9.78 Å². The van der Waals surface area contributed by atoms with E-state index in [4.69, 9.17) is 4.74 Å². The first-order valence-corrected chi connectivity index (χ1v) is 8.66. The van der Waals surface area contributed by atoms with Crippen molar-refractivity contribution in [2.75, 3.05) is 6.61 Å². The molecule has 0 saturated heterocycles. The summed E-state index contributed by atoms with van der Waals surface area (Å²) in [5.41, 5.74) is 0.821. The minimum atomic E-state index is -0.693. The number of rotatable bonds is 5. The highest BCUT2D eigenvalue weighted by Gasteiger charge is 2.20. The Hall–Kier alpha value is -2.47. The van der Waals surface area contributed by atoms with Gasteiger partial charge < -0.3 is 4.74 Å². The van der Waals surface area contributed by atoms with Gasteiger partial charge in [0.15, 0.2) is 0 Å². The molecule has 2 heterocycles. The SMILES string of the molecule is CCCOC(=O)C(C)n1cnc2sc(-c3ccccc3)cc2c1=O. The van der Waals surface area contributed by atoms with Gasteiger partial charge in [0.1, 0.15) is 10.9 Å². The zero-order chi connectivity index (χ0) is 17.1. The number of ether oxygens (including phenoxy) is 1. The van der Waals surface area contributed by atoms with Crippen LogP contribution < -0.4 is 5.56 Å². The Balaban J connectivity index is 1.99. The van der Waals surface area contributed by atoms with E-state index in [1.165, 1.54) is 22.2 Å². The molecule has 0 fully saturated rings. The van der Waals surface area contributed by atoms with Crippen molar-refractivity contribution in [3.8, 4) is 10.4 Å². The molecule has 0 aliphatic rings. The smallest absolute Gasteiger partial charge is 0.328 e. The molecule has 0 amide bonds. The lowest BCUT2D eigenvalue weighted by atomic mass is 10.2. The van der Waals surface area contributed by atoms with Crippen LogP contribution in [0.2, 0.25) is 0 Å². The van der Waals surface area contributed by atoms with E-state index in [0.717, 1.165) is 16.9 Å². The van der Waals surface area contributed by atoms with E-state index in [9.17, 15) is 9.59 Å². The van der Waals surface area contributed by atoms with E-state index in [0.29, 0.717) is 16.8 Å². The van der Waals surface area contributed by atoms with Crippen LogP contribution in [-0.2, 0) is 9.53 Å². The number of hydrogen-bond acceptors (Lipinski definition) is 5. The number of carbonyl (C=O) groups is 1. The highest BCUT2D eigenvalue weighted by atomic mass is 32.1. The summed E-state index contributed by atoms with van der Waals surface area (Å²) in [5.74, 6) is -0.418. The molecular weight excluding hydrogens is 324 g/mol. The number of fused-ring (bicyclic) bond motifs is 1. The average Bonchev–Trinajstić information content (AvgIpc) is 3.05. The van der Waals surface area contributed by atoms with E-state index >= 15 is 0 Å². The molecule has 5 nitrogen and oxygen atoms in total. The molecule has 0 aliphatic carbocycles. The summed E-state index contributed by atoms with van der Waals surface area (Å²) in [4.78, 5) is 30.7. The van der Waals surface area contributed by atoms with E-state index in [2.05, 4.69) is 4.98 Å². The largest absolute Gasteiger partial charge is 0.464 e. The molecule has 3 rings (SSSR count). The van der Waals surface area contributed by atoms with Crippen molar-refractivity contribution >= 4 is 27.5 Å². The highest BCUT2D eigenvalue weighted by Crippen LogP contribution is 2.30. The molecule has 1 unspecified atom stereocenters. The third-order valence-electron chi connectivity index (χ3n) is 3.74. The molecule has 0 bridgehead atoms. The molecule has 0 saturated carbocycles. The predicted molar refractivity (Wildman–Crippen MR) is 95.3 cm³/mol. The maximum atomic E-state index is 12.7.